The molecule has 27 heavy (non-hydrogen) atoms. The van der Waals surface area contributed by atoms with Crippen molar-refractivity contribution in [2.75, 3.05) is 6.54 Å². The zero-order valence-electron chi connectivity index (χ0n) is 15.1. The molecule has 1 saturated heterocycles. The predicted molar refractivity (Wildman–Crippen MR) is 101 cm³/mol. The van der Waals surface area contributed by atoms with Gasteiger partial charge < -0.3 is 9.32 Å². The number of nitrogens with zero attached hydrogens (tertiary/aromatic N) is 3. The number of rotatable bonds is 3. The van der Waals surface area contributed by atoms with Crippen LogP contribution in [-0.4, -0.2) is 33.2 Å². The Morgan fingerprint density at radius 1 is 1.19 bits per heavy atom. The minimum Gasteiger partial charge on any atom is -0.451 e. The zero-order valence-corrected chi connectivity index (χ0v) is 15.1. The van der Waals surface area contributed by atoms with Gasteiger partial charge >= 0.3 is 0 Å². The van der Waals surface area contributed by atoms with E-state index in [1.807, 2.05) is 29.2 Å². The van der Waals surface area contributed by atoms with Crippen molar-refractivity contribution in [1.82, 2.24) is 14.7 Å². The number of amides is 1. The van der Waals surface area contributed by atoms with Gasteiger partial charge in [-0.3, -0.25) is 9.59 Å². The molecule has 2 aromatic heterocycles. The van der Waals surface area contributed by atoms with Gasteiger partial charge in [0, 0.05) is 18.0 Å². The molecule has 1 aliphatic heterocycles. The number of benzene rings is 1. The average molecular weight is 363 g/mol. The standard InChI is InChI=1S/C21H21N3O3/c25-20-12-14-6-3-8-17(14)22-24(20)13-16-7-4-10-23(16)21(26)19-11-15-5-1-2-9-18(15)27-19/h1-2,5,9,11-12,16H,3-4,6-8,10,13H2. The van der Waals surface area contributed by atoms with E-state index in [2.05, 4.69) is 5.10 Å². The van der Waals surface area contributed by atoms with Gasteiger partial charge in [0.05, 0.1) is 18.3 Å². The van der Waals surface area contributed by atoms with Gasteiger partial charge in [0.15, 0.2) is 5.76 Å². The number of hydrogen-bond acceptors (Lipinski definition) is 4. The molecule has 138 valence electrons. The smallest absolute Gasteiger partial charge is 0.289 e. The van der Waals surface area contributed by atoms with E-state index in [0.717, 1.165) is 48.7 Å². The molecule has 6 heteroatoms. The van der Waals surface area contributed by atoms with Crippen LogP contribution in [0.15, 0.2) is 45.6 Å². The molecule has 1 aromatic carbocycles. The first-order valence-electron chi connectivity index (χ1n) is 9.58. The third kappa shape index (κ3) is 2.85. The van der Waals surface area contributed by atoms with Crippen molar-refractivity contribution in [2.24, 2.45) is 0 Å². The number of carbonyl (C=O) groups excluding carboxylic acids is 1. The molecule has 3 heterocycles. The molecule has 1 amide bonds. The maximum atomic E-state index is 13.0. The molecule has 2 aliphatic rings. The van der Waals surface area contributed by atoms with Crippen LogP contribution in [0.5, 0.6) is 0 Å². The first kappa shape index (κ1) is 16.3. The summed E-state index contributed by atoms with van der Waals surface area (Å²) in [7, 11) is 0. The lowest BCUT2D eigenvalue weighted by molar-refractivity contribution is 0.0690. The molecule has 0 saturated carbocycles. The summed E-state index contributed by atoms with van der Waals surface area (Å²) in [6, 6.07) is 11.1. The normalized spacial score (nSPS) is 19.0. The van der Waals surface area contributed by atoms with Gasteiger partial charge in [0.2, 0.25) is 0 Å². The van der Waals surface area contributed by atoms with Crippen molar-refractivity contribution in [1.29, 1.82) is 0 Å². The minimum absolute atomic E-state index is 0.0321. The van der Waals surface area contributed by atoms with Crippen LogP contribution in [0.3, 0.4) is 0 Å². The Balaban J connectivity index is 1.40. The summed E-state index contributed by atoms with van der Waals surface area (Å²) in [6.45, 7) is 1.12. The van der Waals surface area contributed by atoms with Crippen LogP contribution in [0.25, 0.3) is 11.0 Å². The Morgan fingerprint density at radius 3 is 2.96 bits per heavy atom. The van der Waals surface area contributed by atoms with Gasteiger partial charge in [0.25, 0.3) is 11.5 Å². The molecule has 6 nitrogen and oxygen atoms in total. The van der Waals surface area contributed by atoms with Crippen LogP contribution in [0.2, 0.25) is 0 Å². The monoisotopic (exact) mass is 363 g/mol. The lowest BCUT2D eigenvalue weighted by atomic mass is 10.2. The summed E-state index contributed by atoms with van der Waals surface area (Å²) in [5, 5.41) is 5.48. The van der Waals surface area contributed by atoms with Crippen molar-refractivity contribution in [3.05, 3.63) is 63.8 Å². The lowest BCUT2D eigenvalue weighted by Crippen LogP contribution is -2.40. The Labute approximate surface area is 156 Å². The van der Waals surface area contributed by atoms with Gasteiger partial charge in [0.1, 0.15) is 5.58 Å². The SMILES string of the molecule is O=C(c1cc2ccccc2o1)N1CCCC1Cn1nc2c(cc1=O)CCC2. The first-order valence-corrected chi connectivity index (χ1v) is 9.58. The Morgan fingerprint density at radius 2 is 2.07 bits per heavy atom. The second kappa shape index (κ2) is 6.37. The van der Waals surface area contributed by atoms with E-state index in [0.29, 0.717) is 24.4 Å². The number of hydrogen-bond donors (Lipinski definition) is 0. The molecule has 0 spiro atoms. The summed E-state index contributed by atoms with van der Waals surface area (Å²) in [6.07, 6.45) is 4.74. The minimum atomic E-state index is -0.108. The molecule has 1 aliphatic carbocycles. The molecule has 5 rings (SSSR count). The van der Waals surface area contributed by atoms with Crippen molar-refractivity contribution >= 4 is 16.9 Å². The summed E-state index contributed by atoms with van der Waals surface area (Å²) in [4.78, 5) is 27.3. The van der Waals surface area contributed by atoms with Crippen LogP contribution >= 0.6 is 0 Å². The highest BCUT2D eigenvalue weighted by Crippen LogP contribution is 2.25. The van der Waals surface area contributed by atoms with Gasteiger partial charge in [-0.1, -0.05) is 18.2 Å². The Kier molecular flexibility index (Phi) is 3.85. The van der Waals surface area contributed by atoms with Crippen molar-refractivity contribution in [3.63, 3.8) is 0 Å². The molecule has 1 unspecified atom stereocenters. The maximum Gasteiger partial charge on any atom is 0.289 e. The quantitative estimate of drug-likeness (QED) is 0.718. The summed E-state index contributed by atoms with van der Waals surface area (Å²) in [5.41, 5.74) is 2.76. The van der Waals surface area contributed by atoms with Crippen molar-refractivity contribution in [2.45, 2.75) is 44.7 Å². The number of para-hydroxylation sites is 1. The summed E-state index contributed by atoms with van der Waals surface area (Å²) < 4.78 is 7.29. The summed E-state index contributed by atoms with van der Waals surface area (Å²) in [5.74, 6) is 0.250. The van der Waals surface area contributed by atoms with Gasteiger partial charge in [-0.05, 0) is 49.8 Å². The van der Waals surface area contributed by atoms with Crippen LogP contribution in [0.1, 0.15) is 41.1 Å². The largest absolute Gasteiger partial charge is 0.451 e. The topological polar surface area (TPSA) is 68.3 Å². The molecule has 3 aromatic rings. The number of aromatic nitrogens is 2. The maximum absolute atomic E-state index is 13.0. The van der Waals surface area contributed by atoms with Crippen LogP contribution in [-0.2, 0) is 19.4 Å². The average Bonchev–Trinajstić information content (AvgIpc) is 3.40. The van der Waals surface area contributed by atoms with E-state index >= 15 is 0 Å². The highest BCUT2D eigenvalue weighted by molar-refractivity contribution is 5.96. The Hall–Kier alpha value is -2.89. The van der Waals surface area contributed by atoms with Crippen LogP contribution < -0.4 is 5.56 Å². The fraction of sp³-hybridized carbons (Fsp3) is 0.381. The van der Waals surface area contributed by atoms with E-state index in [1.165, 1.54) is 0 Å². The Bertz CT molecular complexity index is 1050. The molecule has 1 atom stereocenters. The van der Waals surface area contributed by atoms with E-state index < -0.39 is 0 Å². The molecular formula is C21H21N3O3. The predicted octanol–water partition coefficient (Wildman–Crippen LogP) is 2.78. The van der Waals surface area contributed by atoms with Crippen molar-refractivity contribution in [3.8, 4) is 0 Å². The molecule has 1 fully saturated rings. The third-order valence-corrected chi connectivity index (χ3v) is 5.68. The van der Waals surface area contributed by atoms with E-state index in [1.54, 1.807) is 16.8 Å². The molecule has 0 radical (unpaired) electrons. The molecule has 0 N–H and O–H groups in total. The number of furan rings is 1. The van der Waals surface area contributed by atoms with Crippen LogP contribution in [0, 0.1) is 0 Å². The number of fused-ring (bicyclic) bond motifs is 2. The number of aryl methyl sites for hydroxylation is 2. The summed E-state index contributed by atoms with van der Waals surface area (Å²) >= 11 is 0. The van der Waals surface area contributed by atoms with E-state index in [-0.39, 0.29) is 17.5 Å². The fourth-order valence-electron chi connectivity index (χ4n) is 4.29. The highest BCUT2D eigenvalue weighted by Gasteiger charge is 2.32. The van der Waals surface area contributed by atoms with Gasteiger partial charge in [-0.15, -0.1) is 0 Å². The molecular weight excluding hydrogens is 342 g/mol. The lowest BCUT2D eigenvalue weighted by Gasteiger charge is -2.24. The number of carbonyl (C=O) groups is 1. The van der Waals surface area contributed by atoms with E-state index in [9.17, 15) is 9.59 Å². The zero-order chi connectivity index (χ0) is 18.4. The second-order valence-corrected chi connectivity index (χ2v) is 7.43. The first-order chi connectivity index (χ1) is 13.2. The number of likely N-dealkylation sites (tertiary alicyclic amines) is 1. The van der Waals surface area contributed by atoms with Gasteiger partial charge in [-0.2, -0.15) is 5.10 Å². The van der Waals surface area contributed by atoms with E-state index in [4.69, 9.17) is 4.42 Å². The van der Waals surface area contributed by atoms with Gasteiger partial charge in [-0.25, -0.2) is 4.68 Å². The molecule has 0 bridgehead atoms. The fourth-order valence-corrected chi connectivity index (χ4v) is 4.29. The third-order valence-electron chi connectivity index (χ3n) is 5.68. The second-order valence-electron chi connectivity index (χ2n) is 7.43. The van der Waals surface area contributed by atoms with Crippen molar-refractivity contribution < 1.29 is 9.21 Å². The highest BCUT2D eigenvalue weighted by atomic mass is 16.3. The van der Waals surface area contributed by atoms with Crippen LogP contribution in [0.4, 0.5) is 0 Å².